The molecule has 2 aromatic carbocycles. The molecule has 164 valence electrons. The average Bonchev–Trinajstić information content (AvgIpc) is 3.12. The second-order valence-corrected chi connectivity index (χ2v) is 8.55. The molecule has 0 aliphatic heterocycles. The minimum atomic E-state index is -0.0223. The molecule has 0 radical (unpaired) electrons. The van der Waals surface area contributed by atoms with Gasteiger partial charge in [-0.3, -0.25) is 4.79 Å². The van der Waals surface area contributed by atoms with Crippen LogP contribution in [0.5, 0.6) is 5.75 Å². The number of benzene rings is 2. The maximum atomic E-state index is 12.3. The zero-order valence-electron chi connectivity index (χ0n) is 18.6. The number of aryl methyl sites for hydroxylation is 3. The van der Waals surface area contributed by atoms with E-state index < -0.39 is 0 Å². The van der Waals surface area contributed by atoms with Gasteiger partial charge in [0.05, 0.1) is 18.9 Å². The molecule has 0 aliphatic rings. The van der Waals surface area contributed by atoms with E-state index in [0.29, 0.717) is 5.75 Å². The van der Waals surface area contributed by atoms with Crippen molar-refractivity contribution >= 4 is 17.7 Å². The van der Waals surface area contributed by atoms with Crippen LogP contribution in [-0.4, -0.2) is 33.5 Å². The van der Waals surface area contributed by atoms with E-state index in [0.717, 1.165) is 47.1 Å². The number of nitrogens with zero attached hydrogens (tertiary/aromatic N) is 3. The SMILES string of the molecule is COc1ccc(CCCc2nnc(SCC(=O)N[C@@H](C)c3ccccc3)n2C)cc1C. The maximum absolute atomic E-state index is 12.3. The summed E-state index contributed by atoms with van der Waals surface area (Å²) in [7, 11) is 3.65. The first kappa shape index (κ1) is 22.9. The molecule has 0 saturated heterocycles. The van der Waals surface area contributed by atoms with E-state index in [9.17, 15) is 4.79 Å². The third kappa shape index (κ3) is 6.34. The molecule has 0 unspecified atom stereocenters. The van der Waals surface area contributed by atoms with Gasteiger partial charge in [-0.05, 0) is 49.4 Å². The lowest BCUT2D eigenvalue weighted by Crippen LogP contribution is -2.28. The normalized spacial score (nSPS) is 11.9. The molecule has 3 rings (SSSR count). The van der Waals surface area contributed by atoms with Crippen LogP contribution in [0.15, 0.2) is 53.7 Å². The fourth-order valence-electron chi connectivity index (χ4n) is 3.47. The summed E-state index contributed by atoms with van der Waals surface area (Å²) in [6.45, 7) is 4.05. The quantitative estimate of drug-likeness (QED) is 0.479. The minimum Gasteiger partial charge on any atom is -0.496 e. The Labute approximate surface area is 188 Å². The number of rotatable bonds is 10. The third-order valence-corrected chi connectivity index (χ3v) is 6.28. The standard InChI is InChI=1S/C24H30N4O2S/c1-17-15-19(13-14-21(17)30-4)9-8-12-22-26-27-24(28(22)3)31-16-23(29)25-18(2)20-10-6-5-7-11-20/h5-7,10-11,13-15,18H,8-9,12,16H2,1-4H3,(H,25,29)/t18-/m0/s1. The van der Waals surface area contributed by atoms with Gasteiger partial charge in [-0.1, -0.05) is 54.2 Å². The van der Waals surface area contributed by atoms with Crippen molar-refractivity contribution in [2.45, 2.75) is 44.3 Å². The van der Waals surface area contributed by atoms with E-state index in [4.69, 9.17) is 4.74 Å². The van der Waals surface area contributed by atoms with Gasteiger partial charge < -0.3 is 14.6 Å². The van der Waals surface area contributed by atoms with Gasteiger partial charge in [0.2, 0.25) is 5.91 Å². The summed E-state index contributed by atoms with van der Waals surface area (Å²) >= 11 is 1.41. The minimum absolute atomic E-state index is 0.0132. The Morgan fingerprint density at radius 3 is 2.65 bits per heavy atom. The summed E-state index contributed by atoms with van der Waals surface area (Å²) in [6.07, 6.45) is 2.80. The number of ether oxygens (including phenoxy) is 1. The van der Waals surface area contributed by atoms with Crippen molar-refractivity contribution in [1.82, 2.24) is 20.1 Å². The van der Waals surface area contributed by atoms with Crippen LogP contribution in [0.4, 0.5) is 0 Å². The fraction of sp³-hybridized carbons (Fsp3) is 0.375. The van der Waals surface area contributed by atoms with Gasteiger partial charge in [-0.25, -0.2) is 0 Å². The number of methoxy groups -OCH3 is 1. The Morgan fingerprint density at radius 1 is 1.16 bits per heavy atom. The summed E-state index contributed by atoms with van der Waals surface area (Å²) < 4.78 is 7.31. The summed E-state index contributed by atoms with van der Waals surface area (Å²) in [5.41, 5.74) is 3.53. The van der Waals surface area contributed by atoms with Crippen molar-refractivity contribution in [1.29, 1.82) is 0 Å². The fourth-order valence-corrected chi connectivity index (χ4v) is 4.21. The van der Waals surface area contributed by atoms with Gasteiger partial charge in [0.15, 0.2) is 5.16 Å². The van der Waals surface area contributed by atoms with Crippen molar-refractivity contribution in [3.63, 3.8) is 0 Å². The lowest BCUT2D eigenvalue weighted by atomic mass is 10.0. The molecule has 0 bridgehead atoms. The van der Waals surface area contributed by atoms with Crippen molar-refractivity contribution in [3.8, 4) is 5.75 Å². The zero-order valence-corrected chi connectivity index (χ0v) is 19.4. The molecule has 1 aromatic heterocycles. The molecule has 0 saturated carbocycles. The predicted molar refractivity (Wildman–Crippen MR) is 124 cm³/mol. The van der Waals surface area contributed by atoms with Gasteiger partial charge in [-0.2, -0.15) is 0 Å². The largest absolute Gasteiger partial charge is 0.496 e. The van der Waals surface area contributed by atoms with Gasteiger partial charge in [0, 0.05) is 13.5 Å². The summed E-state index contributed by atoms with van der Waals surface area (Å²) in [4.78, 5) is 12.3. The van der Waals surface area contributed by atoms with E-state index in [1.54, 1.807) is 7.11 Å². The van der Waals surface area contributed by atoms with Crippen LogP contribution < -0.4 is 10.1 Å². The Hall–Kier alpha value is -2.80. The summed E-state index contributed by atoms with van der Waals surface area (Å²) in [6, 6.07) is 16.2. The maximum Gasteiger partial charge on any atom is 0.230 e. The molecule has 0 fully saturated rings. The molecular formula is C24H30N4O2S. The molecule has 0 spiro atoms. The summed E-state index contributed by atoms with van der Waals surface area (Å²) in [5, 5.41) is 12.4. The van der Waals surface area contributed by atoms with E-state index in [2.05, 4.69) is 34.6 Å². The molecule has 6 nitrogen and oxygen atoms in total. The van der Waals surface area contributed by atoms with E-state index in [-0.39, 0.29) is 11.9 Å². The number of amides is 1. The van der Waals surface area contributed by atoms with Gasteiger partial charge in [0.25, 0.3) is 0 Å². The molecular weight excluding hydrogens is 408 g/mol. The number of aromatic nitrogens is 3. The number of carbonyl (C=O) groups excluding carboxylic acids is 1. The molecule has 1 heterocycles. The average molecular weight is 439 g/mol. The van der Waals surface area contributed by atoms with Gasteiger partial charge in [-0.15, -0.1) is 10.2 Å². The molecule has 7 heteroatoms. The van der Waals surface area contributed by atoms with Crippen molar-refractivity contribution in [2.75, 3.05) is 12.9 Å². The highest BCUT2D eigenvalue weighted by atomic mass is 32.2. The highest BCUT2D eigenvalue weighted by molar-refractivity contribution is 7.99. The molecule has 1 N–H and O–H groups in total. The van der Waals surface area contributed by atoms with Crippen LogP contribution in [0, 0.1) is 6.92 Å². The first-order valence-corrected chi connectivity index (χ1v) is 11.5. The van der Waals surface area contributed by atoms with E-state index >= 15 is 0 Å². The van der Waals surface area contributed by atoms with Crippen LogP contribution >= 0.6 is 11.8 Å². The third-order valence-electron chi connectivity index (χ3n) is 5.26. The zero-order chi connectivity index (χ0) is 22.2. The van der Waals surface area contributed by atoms with Crippen LogP contribution in [0.1, 0.15) is 41.9 Å². The van der Waals surface area contributed by atoms with E-state index in [1.807, 2.05) is 54.9 Å². The smallest absolute Gasteiger partial charge is 0.230 e. The molecule has 3 aromatic rings. The first-order chi connectivity index (χ1) is 15.0. The van der Waals surface area contributed by atoms with Crippen LogP contribution in [0.3, 0.4) is 0 Å². The number of thioether (sulfide) groups is 1. The molecule has 0 aliphatic carbocycles. The number of hydrogen-bond acceptors (Lipinski definition) is 5. The highest BCUT2D eigenvalue weighted by Crippen LogP contribution is 2.21. The lowest BCUT2D eigenvalue weighted by molar-refractivity contribution is -0.119. The topological polar surface area (TPSA) is 69.0 Å². The Kier molecular flexibility index (Phi) is 8.12. The van der Waals surface area contributed by atoms with Crippen molar-refractivity contribution in [3.05, 3.63) is 71.0 Å². The number of carbonyl (C=O) groups is 1. The Balaban J connectivity index is 1.46. The lowest BCUT2D eigenvalue weighted by Gasteiger charge is -2.14. The second-order valence-electron chi connectivity index (χ2n) is 7.60. The predicted octanol–water partition coefficient (Wildman–Crippen LogP) is 4.28. The number of hydrogen-bond donors (Lipinski definition) is 1. The van der Waals surface area contributed by atoms with E-state index in [1.165, 1.54) is 17.3 Å². The van der Waals surface area contributed by atoms with Crippen LogP contribution in [0.2, 0.25) is 0 Å². The van der Waals surface area contributed by atoms with Gasteiger partial charge in [0.1, 0.15) is 11.6 Å². The number of nitrogens with one attached hydrogen (secondary N) is 1. The molecule has 1 amide bonds. The Morgan fingerprint density at radius 2 is 1.94 bits per heavy atom. The van der Waals surface area contributed by atoms with Crippen molar-refractivity contribution < 1.29 is 9.53 Å². The molecule has 31 heavy (non-hydrogen) atoms. The monoisotopic (exact) mass is 438 g/mol. The van der Waals surface area contributed by atoms with Gasteiger partial charge >= 0.3 is 0 Å². The Bertz CT molecular complexity index is 1000. The second kappa shape index (κ2) is 11.0. The van der Waals surface area contributed by atoms with Crippen molar-refractivity contribution in [2.24, 2.45) is 7.05 Å². The molecule has 1 atom stereocenters. The van der Waals surface area contributed by atoms with Crippen LogP contribution in [0.25, 0.3) is 0 Å². The highest BCUT2D eigenvalue weighted by Gasteiger charge is 2.13. The first-order valence-electron chi connectivity index (χ1n) is 10.5. The van der Waals surface area contributed by atoms with Crippen LogP contribution in [-0.2, 0) is 24.7 Å². The summed E-state index contributed by atoms with van der Waals surface area (Å²) in [5.74, 6) is 2.15.